The maximum Gasteiger partial charge on any atom is 0.238 e. The number of nitrogens with two attached hydrogens (primary N) is 3. The lowest BCUT2D eigenvalue weighted by Crippen LogP contribution is -2.26. The summed E-state index contributed by atoms with van der Waals surface area (Å²) in [7, 11) is -3.97. The molecule has 0 aliphatic heterocycles. The van der Waals surface area contributed by atoms with Gasteiger partial charge >= 0.3 is 0 Å². The van der Waals surface area contributed by atoms with Crippen LogP contribution in [0, 0.1) is 0 Å². The van der Waals surface area contributed by atoms with Crippen LogP contribution in [0.25, 0.3) is 11.3 Å². The first-order valence-electron chi connectivity index (χ1n) is 5.40. The van der Waals surface area contributed by atoms with Gasteiger partial charge in [0.1, 0.15) is 0 Å². The van der Waals surface area contributed by atoms with Gasteiger partial charge in [0.25, 0.3) is 0 Å². The van der Waals surface area contributed by atoms with E-state index in [0.29, 0.717) is 11.3 Å². The highest BCUT2D eigenvalue weighted by Gasteiger charge is 2.21. The number of aromatic amines is 1. The highest BCUT2D eigenvalue weighted by Crippen LogP contribution is 2.26. The number of benzene rings is 1. The minimum Gasteiger partial charge on any atom is -0.382 e. The van der Waals surface area contributed by atoms with Crippen LogP contribution >= 0.6 is 0 Å². The first kappa shape index (κ1) is 14.0. The predicted octanol–water partition coefficient (Wildman–Crippen LogP) is -1.19. The normalized spacial score (nSPS) is 12.4. The summed E-state index contributed by atoms with van der Waals surface area (Å²) in [5, 5.41) is 15.3. The molecule has 0 radical (unpaired) electrons. The Bertz CT molecular complexity index is 737. The number of nitrogens with zero attached hydrogens (tertiary/aromatic N) is 2. The Morgan fingerprint density at radius 2 is 2.10 bits per heavy atom. The second-order valence-electron chi connectivity index (χ2n) is 3.82. The Labute approximate surface area is 114 Å². The van der Waals surface area contributed by atoms with Gasteiger partial charge in [0.15, 0.2) is 5.84 Å². The molecule has 0 spiro atoms. The number of hydrazine groups is 1. The van der Waals surface area contributed by atoms with Crippen molar-refractivity contribution in [3.05, 3.63) is 36.0 Å². The van der Waals surface area contributed by atoms with E-state index >= 15 is 0 Å². The van der Waals surface area contributed by atoms with Gasteiger partial charge in [-0.2, -0.15) is 5.10 Å². The summed E-state index contributed by atoms with van der Waals surface area (Å²) >= 11 is 0. The van der Waals surface area contributed by atoms with E-state index in [2.05, 4.69) is 15.3 Å². The van der Waals surface area contributed by atoms with Gasteiger partial charge in [-0.1, -0.05) is 12.1 Å². The molecule has 0 saturated carbocycles. The summed E-state index contributed by atoms with van der Waals surface area (Å²) in [6.07, 6.45) is 1.53. The van der Waals surface area contributed by atoms with Crippen molar-refractivity contribution in [3.63, 3.8) is 0 Å². The molecule has 8 N–H and O–H groups in total. The predicted molar refractivity (Wildman–Crippen MR) is 73.4 cm³/mol. The molecule has 0 unspecified atom stereocenters. The van der Waals surface area contributed by atoms with Gasteiger partial charge in [-0.05, 0) is 12.1 Å². The highest BCUT2D eigenvalue weighted by atomic mass is 32.2. The van der Waals surface area contributed by atoms with Crippen LogP contribution in [0.3, 0.4) is 0 Å². The topological polar surface area (TPSA) is 165 Å². The van der Waals surface area contributed by atoms with Gasteiger partial charge in [0.05, 0.1) is 10.6 Å². The van der Waals surface area contributed by atoms with Crippen LogP contribution in [0.2, 0.25) is 0 Å². The first-order chi connectivity index (χ1) is 9.45. The molecule has 0 amide bonds. The molecule has 2 aromatic rings. The second-order valence-corrected chi connectivity index (χ2v) is 5.35. The Morgan fingerprint density at radius 1 is 1.35 bits per heavy atom. The maximum atomic E-state index is 11.7. The summed E-state index contributed by atoms with van der Waals surface area (Å²) in [6.45, 7) is 0. The number of primary sulfonamides is 1. The molecule has 9 nitrogen and oxygen atoms in total. The van der Waals surface area contributed by atoms with Crippen LogP contribution in [0.4, 0.5) is 0 Å². The average molecular weight is 295 g/mol. The standard InChI is InChI=1S/C10H13N7O2S/c11-10(16-17-12)9-6(7-4-5-14-15-7)2-1-3-8(9)20(13,18)19/h1-5,17H,12H2,(H2,11,16)(H,14,15)(H2,13,18,19). The molecule has 106 valence electrons. The minimum absolute atomic E-state index is 0.110. The average Bonchev–Trinajstić information content (AvgIpc) is 2.90. The zero-order valence-corrected chi connectivity index (χ0v) is 11.1. The fraction of sp³-hybridized carbons (Fsp3) is 0. The van der Waals surface area contributed by atoms with E-state index in [1.807, 2.05) is 5.53 Å². The van der Waals surface area contributed by atoms with Crippen molar-refractivity contribution in [1.29, 1.82) is 0 Å². The van der Waals surface area contributed by atoms with Crippen molar-refractivity contribution in [1.82, 2.24) is 15.7 Å². The third-order valence-electron chi connectivity index (χ3n) is 2.56. The number of nitrogens with one attached hydrogen (secondary N) is 2. The molecular weight excluding hydrogens is 282 g/mol. The van der Waals surface area contributed by atoms with Gasteiger partial charge in [0, 0.05) is 17.3 Å². The third-order valence-corrected chi connectivity index (χ3v) is 3.52. The molecule has 0 bridgehead atoms. The molecule has 0 atom stereocenters. The van der Waals surface area contributed by atoms with Gasteiger partial charge in [-0.15, -0.1) is 5.10 Å². The van der Waals surface area contributed by atoms with E-state index in [9.17, 15) is 8.42 Å². The summed E-state index contributed by atoms with van der Waals surface area (Å²) in [4.78, 5) is -0.152. The van der Waals surface area contributed by atoms with Crippen molar-refractivity contribution in [2.45, 2.75) is 4.90 Å². The lowest BCUT2D eigenvalue weighted by Gasteiger charge is -2.12. The van der Waals surface area contributed by atoms with Gasteiger partial charge < -0.3 is 5.73 Å². The zero-order chi connectivity index (χ0) is 14.8. The van der Waals surface area contributed by atoms with E-state index in [4.69, 9.17) is 16.7 Å². The van der Waals surface area contributed by atoms with Crippen LogP contribution in [-0.2, 0) is 10.0 Å². The van der Waals surface area contributed by atoms with Crippen molar-refractivity contribution in [3.8, 4) is 11.3 Å². The number of sulfonamides is 1. The first-order valence-corrected chi connectivity index (χ1v) is 6.94. The molecule has 0 saturated heterocycles. The van der Waals surface area contributed by atoms with Gasteiger partial charge in [0.2, 0.25) is 10.0 Å². The summed E-state index contributed by atoms with van der Waals surface area (Å²) in [6, 6.07) is 6.21. The van der Waals surface area contributed by atoms with Gasteiger partial charge in [-0.25, -0.2) is 24.9 Å². The number of hydrazone groups is 1. The maximum absolute atomic E-state index is 11.7. The number of hydrogen-bond donors (Lipinski definition) is 5. The smallest absolute Gasteiger partial charge is 0.238 e. The molecule has 2 rings (SSSR count). The van der Waals surface area contributed by atoms with Crippen molar-refractivity contribution >= 4 is 15.9 Å². The molecule has 0 aliphatic rings. The fourth-order valence-electron chi connectivity index (χ4n) is 1.79. The van der Waals surface area contributed by atoms with E-state index in [-0.39, 0.29) is 16.3 Å². The molecule has 1 aromatic heterocycles. The Kier molecular flexibility index (Phi) is 3.70. The molecule has 10 heteroatoms. The largest absolute Gasteiger partial charge is 0.382 e. The zero-order valence-electron chi connectivity index (χ0n) is 10.2. The third kappa shape index (κ3) is 2.61. The van der Waals surface area contributed by atoms with Crippen LogP contribution < -0.4 is 22.3 Å². The number of amidine groups is 1. The van der Waals surface area contributed by atoms with Gasteiger partial charge in [-0.3, -0.25) is 5.10 Å². The van der Waals surface area contributed by atoms with Crippen LogP contribution in [0.15, 0.2) is 40.5 Å². The quantitative estimate of drug-likeness (QED) is 0.206. The lowest BCUT2D eigenvalue weighted by atomic mass is 10.0. The minimum atomic E-state index is -3.97. The monoisotopic (exact) mass is 295 g/mol. The van der Waals surface area contributed by atoms with E-state index in [1.165, 1.54) is 12.3 Å². The van der Waals surface area contributed by atoms with Crippen molar-refractivity contribution in [2.75, 3.05) is 0 Å². The number of rotatable bonds is 4. The molecule has 0 fully saturated rings. The Morgan fingerprint density at radius 3 is 2.65 bits per heavy atom. The van der Waals surface area contributed by atoms with E-state index < -0.39 is 10.0 Å². The second kappa shape index (κ2) is 5.28. The fourth-order valence-corrected chi connectivity index (χ4v) is 2.56. The molecule has 20 heavy (non-hydrogen) atoms. The molecule has 1 heterocycles. The molecule has 0 aliphatic carbocycles. The number of hydrogen-bond acceptors (Lipinski definition) is 6. The highest BCUT2D eigenvalue weighted by molar-refractivity contribution is 7.89. The molecular formula is C10H13N7O2S. The van der Waals surface area contributed by atoms with E-state index in [0.717, 1.165) is 0 Å². The number of aromatic nitrogens is 2. The lowest BCUT2D eigenvalue weighted by molar-refractivity contribution is 0.597. The summed E-state index contributed by atoms with van der Waals surface area (Å²) < 4.78 is 23.3. The van der Waals surface area contributed by atoms with Crippen LogP contribution in [-0.4, -0.2) is 24.5 Å². The Balaban J connectivity index is 2.80. The van der Waals surface area contributed by atoms with Crippen molar-refractivity contribution in [2.24, 2.45) is 21.8 Å². The SMILES string of the molecule is NN/N=C(\N)c1c(-c2ccn[nH]2)cccc1S(N)(=O)=O. The molecule has 1 aromatic carbocycles. The number of H-pyrrole nitrogens is 1. The summed E-state index contributed by atoms with van der Waals surface area (Å²) in [5.41, 5.74) is 8.99. The van der Waals surface area contributed by atoms with Crippen LogP contribution in [0.5, 0.6) is 0 Å². The summed E-state index contributed by atoms with van der Waals surface area (Å²) in [5.74, 6) is 4.97. The Hall–Kier alpha value is -2.43. The van der Waals surface area contributed by atoms with Crippen LogP contribution in [0.1, 0.15) is 5.56 Å². The van der Waals surface area contributed by atoms with E-state index in [1.54, 1.807) is 18.2 Å². The van der Waals surface area contributed by atoms with Crippen molar-refractivity contribution < 1.29 is 8.42 Å².